The smallest absolute Gasteiger partial charge is 0.325 e. The predicted octanol–water partition coefficient (Wildman–Crippen LogP) is 3.30. The summed E-state index contributed by atoms with van der Waals surface area (Å²) in [4.78, 5) is 12.0. The standard InChI is InChI=1S/C13H14ClF3N2O/c14-9-1-2-11(10(7-9)13(15,16)17)19-12(20)8-3-5-18-6-4-8/h1-2,7-8,18H,3-6H2,(H,19,20). The van der Waals surface area contributed by atoms with Crippen LogP contribution in [0.1, 0.15) is 18.4 Å². The number of piperidine rings is 1. The first-order valence-electron chi connectivity index (χ1n) is 6.26. The summed E-state index contributed by atoms with van der Waals surface area (Å²) in [5.41, 5.74) is -1.17. The van der Waals surface area contributed by atoms with E-state index in [2.05, 4.69) is 10.6 Å². The Morgan fingerprint density at radius 2 is 1.95 bits per heavy atom. The minimum atomic E-state index is -4.55. The molecule has 1 aromatic carbocycles. The van der Waals surface area contributed by atoms with Crippen LogP contribution in [0.15, 0.2) is 18.2 Å². The zero-order chi connectivity index (χ0) is 14.8. The molecule has 3 nitrogen and oxygen atoms in total. The molecule has 2 rings (SSSR count). The number of alkyl halides is 3. The van der Waals surface area contributed by atoms with Crippen molar-refractivity contribution in [3.05, 3.63) is 28.8 Å². The molecule has 2 N–H and O–H groups in total. The maximum absolute atomic E-state index is 12.9. The molecule has 0 spiro atoms. The van der Waals surface area contributed by atoms with Crippen molar-refractivity contribution in [3.63, 3.8) is 0 Å². The van der Waals surface area contributed by atoms with Gasteiger partial charge in [0, 0.05) is 10.9 Å². The van der Waals surface area contributed by atoms with Crippen LogP contribution in [0.3, 0.4) is 0 Å². The molecule has 0 unspecified atom stereocenters. The van der Waals surface area contributed by atoms with Crippen LogP contribution < -0.4 is 10.6 Å². The van der Waals surface area contributed by atoms with Crippen LogP contribution in [0, 0.1) is 5.92 Å². The molecule has 0 aliphatic carbocycles. The molecule has 1 saturated heterocycles. The predicted molar refractivity (Wildman–Crippen MR) is 70.7 cm³/mol. The summed E-state index contributed by atoms with van der Waals surface area (Å²) in [6.07, 6.45) is -3.30. The number of anilines is 1. The molecule has 20 heavy (non-hydrogen) atoms. The van der Waals surface area contributed by atoms with E-state index in [1.165, 1.54) is 12.1 Å². The zero-order valence-corrected chi connectivity index (χ0v) is 11.3. The van der Waals surface area contributed by atoms with Gasteiger partial charge in [0.25, 0.3) is 0 Å². The van der Waals surface area contributed by atoms with Gasteiger partial charge in [0.2, 0.25) is 5.91 Å². The quantitative estimate of drug-likeness (QED) is 0.880. The second kappa shape index (κ2) is 6.01. The largest absolute Gasteiger partial charge is 0.418 e. The summed E-state index contributed by atoms with van der Waals surface area (Å²) in [6, 6.07) is 3.33. The Labute approximate surface area is 119 Å². The van der Waals surface area contributed by atoms with E-state index in [1.54, 1.807) is 0 Å². The third kappa shape index (κ3) is 3.64. The maximum atomic E-state index is 12.9. The van der Waals surface area contributed by atoms with Crippen molar-refractivity contribution in [2.75, 3.05) is 18.4 Å². The van der Waals surface area contributed by atoms with Gasteiger partial charge in [-0.1, -0.05) is 11.6 Å². The van der Waals surface area contributed by atoms with Gasteiger partial charge in [0.05, 0.1) is 11.3 Å². The van der Waals surface area contributed by atoms with E-state index in [0.717, 1.165) is 6.07 Å². The number of benzene rings is 1. The summed E-state index contributed by atoms with van der Waals surface area (Å²) < 4.78 is 38.7. The topological polar surface area (TPSA) is 41.1 Å². The number of carbonyl (C=O) groups is 1. The molecule has 0 bridgehead atoms. The van der Waals surface area contributed by atoms with Crippen molar-refractivity contribution in [1.29, 1.82) is 0 Å². The fraction of sp³-hybridized carbons (Fsp3) is 0.462. The summed E-state index contributed by atoms with van der Waals surface area (Å²) in [6.45, 7) is 1.40. The van der Waals surface area contributed by atoms with Crippen molar-refractivity contribution >= 4 is 23.2 Å². The number of hydrogen-bond acceptors (Lipinski definition) is 2. The first-order valence-corrected chi connectivity index (χ1v) is 6.64. The lowest BCUT2D eigenvalue weighted by Gasteiger charge is -2.22. The second-order valence-electron chi connectivity index (χ2n) is 4.70. The highest BCUT2D eigenvalue weighted by molar-refractivity contribution is 6.30. The van der Waals surface area contributed by atoms with Crippen molar-refractivity contribution in [3.8, 4) is 0 Å². The molecule has 1 aliphatic heterocycles. The Morgan fingerprint density at radius 3 is 2.55 bits per heavy atom. The number of nitrogens with one attached hydrogen (secondary N) is 2. The molecule has 0 aromatic heterocycles. The van der Waals surface area contributed by atoms with Gasteiger partial charge in [-0.2, -0.15) is 13.2 Å². The SMILES string of the molecule is O=C(Nc1ccc(Cl)cc1C(F)(F)F)C1CCNCC1. The lowest BCUT2D eigenvalue weighted by molar-refractivity contribution is -0.137. The lowest BCUT2D eigenvalue weighted by Crippen LogP contribution is -2.35. The Hall–Kier alpha value is -1.27. The van der Waals surface area contributed by atoms with E-state index in [-0.39, 0.29) is 22.5 Å². The second-order valence-corrected chi connectivity index (χ2v) is 5.14. The monoisotopic (exact) mass is 306 g/mol. The van der Waals surface area contributed by atoms with Crippen molar-refractivity contribution < 1.29 is 18.0 Å². The minimum absolute atomic E-state index is 0.0165. The average Bonchev–Trinajstić information content (AvgIpc) is 2.40. The van der Waals surface area contributed by atoms with E-state index < -0.39 is 11.7 Å². The highest BCUT2D eigenvalue weighted by atomic mass is 35.5. The molecule has 0 atom stereocenters. The Balaban J connectivity index is 2.18. The first-order chi connectivity index (χ1) is 9.38. The van der Waals surface area contributed by atoms with Gasteiger partial charge in [0.1, 0.15) is 0 Å². The third-order valence-corrected chi connectivity index (χ3v) is 3.49. The third-order valence-electron chi connectivity index (χ3n) is 3.25. The van der Waals surface area contributed by atoms with Gasteiger partial charge in [-0.25, -0.2) is 0 Å². The number of rotatable bonds is 2. The number of hydrogen-bond donors (Lipinski definition) is 2. The van der Waals surface area contributed by atoms with Crippen LogP contribution in [0.2, 0.25) is 5.02 Å². The molecule has 110 valence electrons. The maximum Gasteiger partial charge on any atom is 0.418 e. The van der Waals surface area contributed by atoms with Crippen LogP contribution in [0.5, 0.6) is 0 Å². The average molecular weight is 307 g/mol. The van der Waals surface area contributed by atoms with E-state index in [0.29, 0.717) is 25.9 Å². The van der Waals surface area contributed by atoms with Gasteiger partial charge in [0.15, 0.2) is 0 Å². The fourth-order valence-corrected chi connectivity index (χ4v) is 2.35. The Kier molecular flexibility index (Phi) is 4.55. The van der Waals surface area contributed by atoms with Gasteiger partial charge in [-0.05, 0) is 44.1 Å². The minimum Gasteiger partial charge on any atom is -0.325 e. The van der Waals surface area contributed by atoms with E-state index in [1.807, 2.05) is 0 Å². The summed E-state index contributed by atoms with van der Waals surface area (Å²) in [7, 11) is 0. The van der Waals surface area contributed by atoms with Gasteiger partial charge >= 0.3 is 6.18 Å². The first kappa shape index (κ1) is 15.1. The molecule has 1 amide bonds. The molecule has 1 aromatic rings. The Morgan fingerprint density at radius 1 is 1.30 bits per heavy atom. The van der Waals surface area contributed by atoms with Crippen molar-refractivity contribution in [2.45, 2.75) is 19.0 Å². The highest BCUT2D eigenvalue weighted by Crippen LogP contribution is 2.36. The van der Waals surface area contributed by atoms with Gasteiger partial charge in [-0.3, -0.25) is 4.79 Å². The fourth-order valence-electron chi connectivity index (χ4n) is 2.18. The van der Waals surface area contributed by atoms with E-state index >= 15 is 0 Å². The van der Waals surface area contributed by atoms with E-state index in [4.69, 9.17) is 11.6 Å². The van der Waals surface area contributed by atoms with Crippen LogP contribution in [0.25, 0.3) is 0 Å². The molecule has 0 radical (unpaired) electrons. The van der Waals surface area contributed by atoms with Crippen LogP contribution in [0.4, 0.5) is 18.9 Å². The molecule has 1 aliphatic rings. The molecular formula is C13H14ClF3N2O. The molecular weight excluding hydrogens is 293 g/mol. The van der Waals surface area contributed by atoms with Crippen LogP contribution >= 0.6 is 11.6 Å². The van der Waals surface area contributed by atoms with Crippen LogP contribution in [-0.4, -0.2) is 19.0 Å². The van der Waals surface area contributed by atoms with Crippen molar-refractivity contribution in [1.82, 2.24) is 5.32 Å². The zero-order valence-electron chi connectivity index (χ0n) is 10.6. The summed E-state index contributed by atoms with van der Waals surface area (Å²) >= 11 is 5.59. The number of halogens is 4. The molecule has 7 heteroatoms. The molecule has 1 heterocycles. The number of amides is 1. The molecule has 0 saturated carbocycles. The number of carbonyl (C=O) groups excluding carboxylic acids is 1. The van der Waals surface area contributed by atoms with E-state index in [9.17, 15) is 18.0 Å². The normalized spacial score (nSPS) is 17.0. The summed E-state index contributed by atoms with van der Waals surface area (Å²) in [5, 5.41) is 5.45. The van der Waals surface area contributed by atoms with Crippen molar-refractivity contribution in [2.24, 2.45) is 5.92 Å². The van der Waals surface area contributed by atoms with Gasteiger partial charge < -0.3 is 10.6 Å². The van der Waals surface area contributed by atoms with Gasteiger partial charge in [-0.15, -0.1) is 0 Å². The summed E-state index contributed by atoms with van der Waals surface area (Å²) in [5.74, 6) is -0.632. The Bertz CT molecular complexity index is 499. The molecule has 1 fully saturated rings. The van der Waals surface area contributed by atoms with Crippen LogP contribution in [-0.2, 0) is 11.0 Å². The highest BCUT2D eigenvalue weighted by Gasteiger charge is 2.34. The lowest BCUT2D eigenvalue weighted by atomic mass is 9.97.